The number of phenolic OH excluding ortho intramolecular Hbond substituents is 1. The zero-order valence-electron chi connectivity index (χ0n) is 9.95. The van der Waals surface area contributed by atoms with Gasteiger partial charge in [0, 0.05) is 0 Å². The van der Waals surface area contributed by atoms with Crippen molar-refractivity contribution in [2.45, 2.75) is 9.79 Å². The molecule has 12 nitrogen and oxygen atoms in total. The largest absolute Gasteiger partial charge is 0.504 e. The second kappa shape index (κ2) is 5.09. The number of hydrogen-bond acceptors (Lipinski definition) is 8. The van der Waals surface area contributed by atoms with Crippen molar-refractivity contribution in [1.29, 1.82) is 0 Å². The van der Waals surface area contributed by atoms with Crippen LogP contribution >= 0.6 is 0 Å². The van der Waals surface area contributed by atoms with Crippen molar-refractivity contribution in [3.05, 3.63) is 11.1 Å². The van der Waals surface area contributed by atoms with Crippen LogP contribution in [-0.4, -0.2) is 58.3 Å². The van der Waals surface area contributed by atoms with Crippen molar-refractivity contribution < 1.29 is 56.0 Å². The number of aromatic hydroxyl groups is 2. The van der Waals surface area contributed by atoms with Crippen LogP contribution in [0.2, 0.25) is 0 Å². The monoisotopic (exact) mass is 358 g/mol. The first-order valence-corrected chi connectivity index (χ1v) is 7.62. The lowest BCUT2D eigenvalue weighted by Gasteiger charge is -2.14. The van der Waals surface area contributed by atoms with E-state index >= 15 is 0 Å². The Morgan fingerprint density at radius 1 is 0.682 bits per heavy atom. The molecule has 0 aliphatic rings. The first kappa shape index (κ1) is 17.6. The Bertz CT molecular complexity index is 892. The summed E-state index contributed by atoms with van der Waals surface area (Å²) in [5.41, 5.74) is -3.57. The van der Waals surface area contributed by atoms with Crippen molar-refractivity contribution >= 4 is 32.2 Å². The molecule has 0 atom stereocenters. The molecule has 22 heavy (non-hydrogen) atoms. The van der Waals surface area contributed by atoms with E-state index in [1.165, 1.54) is 0 Å². The molecule has 0 spiro atoms. The van der Waals surface area contributed by atoms with Gasteiger partial charge in [0.1, 0.15) is 16.0 Å². The summed E-state index contributed by atoms with van der Waals surface area (Å²) in [7, 11) is -11.4. The molecule has 1 rings (SSSR count). The molecule has 14 heteroatoms. The molecule has 0 aliphatic heterocycles. The number of hydrogen-bond donors (Lipinski definition) is 6. The normalized spacial score (nSPS) is 12.1. The number of benzene rings is 1. The van der Waals surface area contributed by atoms with Gasteiger partial charge in [-0.05, 0) is 0 Å². The Morgan fingerprint density at radius 2 is 1.05 bits per heavy atom. The van der Waals surface area contributed by atoms with Crippen LogP contribution in [0.15, 0.2) is 9.79 Å². The standard InChI is InChI=1S/C8H6O12S2/c9-3-1(7(11)12)2(8(13)14)5(21(15,16)17)6(4(3)10)22(18,19)20/h9-10H,(H,11,12)(H,13,14)(H,15,16,17)(H,18,19,20). The van der Waals surface area contributed by atoms with Crippen LogP contribution in [0.3, 0.4) is 0 Å². The summed E-state index contributed by atoms with van der Waals surface area (Å²) < 4.78 is 62.4. The van der Waals surface area contributed by atoms with Crippen LogP contribution in [0.4, 0.5) is 0 Å². The molecule has 122 valence electrons. The molecule has 0 radical (unpaired) electrons. The predicted molar refractivity (Wildman–Crippen MR) is 63.3 cm³/mol. The highest BCUT2D eigenvalue weighted by atomic mass is 32.2. The van der Waals surface area contributed by atoms with Crippen LogP contribution in [0.1, 0.15) is 20.7 Å². The Kier molecular flexibility index (Phi) is 4.08. The van der Waals surface area contributed by atoms with Crippen LogP contribution in [-0.2, 0) is 20.2 Å². The molecular formula is C8H6O12S2. The van der Waals surface area contributed by atoms with Crippen molar-refractivity contribution in [3.8, 4) is 11.5 Å². The highest BCUT2D eigenvalue weighted by Crippen LogP contribution is 2.43. The molecule has 0 fully saturated rings. The third-order valence-electron chi connectivity index (χ3n) is 2.30. The van der Waals surface area contributed by atoms with Crippen LogP contribution in [0, 0.1) is 0 Å². The second-order valence-electron chi connectivity index (χ2n) is 3.67. The lowest BCUT2D eigenvalue weighted by Crippen LogP contribution is -2.19. The van der Waals surface area contributed by atoms with Crippen molar-refractivity contribution in [3.63, 3.8) is 0 Å². The van der Waals surface area contributed by atoms with Gasteiger partial charge in [-0.15, -0.1) is 0 Å². The molecular weight excluding hydrogens is 352 g/mol. The maximum atomic E-state index is 11.2. The molecule has 0 aromatic heterocycles. The van der Waals surface area contributed by atoms with Gasteiger partial charge in [0.05, 0.1) is 0 Å². The Balaban J connectivity index is 4.44. The Hall–Kier alpha value is -2.42. The summed E-state index contributed by atoms with van der Waals surface area (Å²) in [6.45, 7) is 0. The summed E-state index contributed by atoms with van der Waals surface area (Å²) >= 11 is 0. The molecule has 6 N–H and O–H groups in total. The summed E-state index contributed by atoms with van der Waals surface area (Å²) in [5, 5.41) is 36.4. The maximum Gasteiger partial charge on any atom is 0.340 e. The number of carboxylic acids is 2. The van der Waals surface area contributed by atoms with Gasteiger partial charge < -0.3 is 20.4 Å². The Labute approximate surface area is 121 Å². The van der Waals surface area contributed by atoms with Gasteiger partial charge in [0.15, 0.2) is 16.4 Å². The molecule has 0 saturated carbocycles. The summed E-state index contributed by atoms with van der Waals surface area (Å²) in [6, 6.07) is 0. The van der Waals surface area contributed by atoms with Gasteiger partial charge in [-0.3, -0.25) is 9.11 Å². The average molecular weight is 358 g/mol. The SMILES string of the molecule is O=C(O)c1c(O)c(O)c(S(=O)(=O)O)c(S(=O)(=O)O)c1C(=O)O. The molecule has 1 aromatic carbocycles. The van der Waals surface area contributed by atoms with Crippen molar-refractivity contribution in [1.82, 2.24) is 0 Å². The van der Waals surface area contributed by atoms with Gasteiger partial charge in [-0.25, -0.2) is 9.59 Å². The van der Waals surface area contributed by atoms with Gasteiger partial charge in [-0.2, -0.15) is 16.8 Å². The maximum absolute atomic E-state index is 11.2. The van der Waals surface area contributed by atoms with Crippen LogP contribution in [0.25, 0.3) is 0 Å². The quantitative estimate of drug-likeness (QED) is 0.281. The molecule has 1 aromatic rings. The number of aromatic carboxylic acids is 2. The molecule has 0 aliphatic carbocycles. The highest BCUT2D eigenvalue weighted by Gasteiger charge is 2.40. The van der Waals surface area contributed by atoms with Crippen molar-refractivity contribution in [2.24, 2.45) is 0 Å². The van der Waals surface area contributed by atoms with E-state index in [9.17, 15) is 36.6 Å². The fourth-order valence-corrected chi connectivity index (χ4v) is 3.66. The summed E-state index contributed by atoms with van der Waals surface area (Å²) in [6.07, 6.45) is 0. The second-order valence-corrected chi connectivity index (χ2v) is 6.38. The van der Waals surface area contributed by atoms with Crippen LogP contribution < -0.4 is 0 Å². The molecule has 0 bridgehead atoms. The van der Waals surface area contributed by atoms with Crippen LogP contribution in [0.5, 0.6) is 11.5 Å². The Morgan fingerprint density at radius 3 is 1.32 bits per heavy atom. The van der Waals surface area contributed by atoms with E-state index in [1.807, 2.05) is 0 Å². The van der Waals surface area contributed by atoms with E-state index in [2.05, 4.69) is 0 Å². The molecule has 0 saturated heterocycles. The van der Waals surface area contributed by atoms with E-state index < -0.39 is 64.6 Å². The average Bonchev–Trinajstić information content (AvgIpc) is 2.27. The van der Waals surface area contributed by atoms with E-state index in [4.69, 9.17) is 19.3 Å². The number of carbonyl (C=O) groups is 2. The minimum absolute atomic E-state index is 1.70. The van der Waals surface area contributed by atoms with Gasteiger partial charge in [0.2, 0.25) is 0 Å². The molecule has 0 unspecified atom stereocenters. The van der Waals surface area contributed by atoms with Gasteiger partial charge in [0.25, 0.3) is 20.2 Å². The fraction of sp³-hybridized carbons (Fsp3) is 0. The number of rotatable bonds is 4. The summed E-state index contributed by atoms with van der Waals surface area (Å²) in [5.74, 6) is -8.41. The first-order valence-electron chi connectivity index (χ1n) is 4.74. The zero-order valence-corrected chi connectivity index (χ0v) is 11.6. The molecule has 0 amide bonds. The number of phenols is 2. The minimum atomic E-state index is -5.74. The van der Waals surface area contributed by atoms with E-state index in [0.717, 1.165) is 0 Å². The lowest BCUT2D eigenvalue weighted by atomic mass is 10.1. The first-order chi connectivity index (χ1) is 9.71. The summed E-state index contributed by atoms with van der Waals surface area (Å²) in [4.78, 5) is 17.8. The van der Waals surface area contributed by atoms with E-state index in [1.54, 1.807) is 0 Å². The van der Waals surface area contributed by atoms with Gasteiger partial charge >= 0.3 is 11.9 Å². The lowest BCUT2D eigenvalue weighted by molar-refractivity contribution is 0.0643. The fourth-order valence-electron chi connectivity index (χ4n) is 1.58. The van der Waals surface area contributed by atoms with E-state index in [0.29, 0.717) is 0 Å². The number of carboxylic acid groups (broad SMARTS) is 2. The minimum Gasteiger partial charge on any atom is -0.504 e. The van der Waals surface area contributed by atoms with Gasteiger partial charge in [-0.1, -0.05) is 0 Å². The topological polar surface area (TPSA) is 224 Å². The zero-order chi connectivity index (χ0) is 17.6. The van der Waals surface area contributed by atoms with Crippen molar-refractivity contribution in [2.75, 3.05) is 0 Å². The van der Waals surface area contributed by atoms with E-state index in [-0.39, 0.29) is 0 Å². The third-order valence-corrected chi connectivity index (χ3v) is 4.27. The highest BCUT2D eigenvalue weighted by molar-refractivity contribution is 7.89. The smallest absolute Gasteiger partial charge is 0.340 e. The third kappa shape index (κ3) is 2.80. The predicted octanol–water partition coefficient (Wildman–Crippen LogP) is -1.01. The molecule has 0 heterocycles.